The maximum Gasteiger partial charge on any atom is 0.307 e. The number of carboxylic acids is 1. The Morgan fingerprint density at radius 1 is 1.41 bits per heavy atom. The number of carbonyl (C=O) groups is 1. The molecule has 5 heteroatoms. The molecule has 1 N–H and O–H groups in total. The van der Waals surface area contributed by atoms with Gasteiger partial charge in [-0.15, -0.1) is 0 Å². The van der Waals surface area contributed by atoms with Crippen LogP contribution in [0.1, 0.15) is 5.56 Å². The van der Waals surface area contributed by atoms with E-state index in [1.807, 2.05) is 6.07 Å². The van der Waals surface area contributed by atoms with Gasteiger partial charge in [-0.05, 0) is 23.8 Å². The van der Waals surface area contributed by atoms with Crippen LogP contribution < -0.4 is 0 Å². The average molecular weight is 249 g/mol. The number of nitrogens with zero attached hydrogens (tertiary/aromatic N) is 2. The number of aromatic nitrogens is 2. The second kappa shape index (κ2) is 4.93. The number of hydrogen-bond donors (Lipinski definition) is 1. The normalized spacial score (nSPS) is 10.2. The lowest BCUT2D eigenvalue weighted by Crippen LogP contribution is -2.01. The van der Waals surface area contributed by atoms with Crippen LogP contribution in [-0.2, 0) is 11.2 Å². The van der Waals surface area contributed by atoms with Gasteiger partial charge in [0.15, 0.2) is 0 Å². The highest BCUT2D eigenvalue weighted by Gasteiger charge is 2.08. The SMILES string of the molecule is O=C(O)Cc1cnc(-c2cccnc2)c(Cl)c1. The molecule has 0 aliphatic rings. The van der Waals surface area contributed by atoms with Gasteiger partial charge in [0.05, 0.1) is 17.1 Å². The third-order valence-electron chi connectivity index (χ3n) is 2.19. The zero-order valence-corrected chi connectivity index (χ0v) is 9.55. The minimum absolute atomic E-state index is 0.0833. The fraction of sp³-hybridized carbons (Fsp3) is 0.0833. The van der Waals surface area contributed by atoms with Gasteiger partial charge in [0.25, 0.3) is 0 Å². The van der Waals surface area contributed by atoms with Crippen LogP contribution in [0, 0.1) is 0 Å². The summed E-state index contributed by atoms with van der Waals surface area (Å²) in [5.74, 6) is -0.906. The quantitative estimate of drug-likeness (QED) is 0.906. The highest BCUT2D eigenvalue weighted by atomic mass is 35.5. The van der Waals surface area contributed by atoms with Gasteiger partial charge in [-0.3, -0.25) is 14.8 Å². The molecule has 0 aliphatic carbocycles. The van der Waals surface area contributed by atoms with Crippen LogP contribution in [0.2, 0.25) is 5.02 Å². The fourth-order valence-electron chi connectivity index (χ4n) is 1.46. The first kappa shape index (κ1) is 11.5. The van der Waals surface area contributed by atoms with Crippen molar-refractivity contribution in [3.63, 3.8) is 0 Å². The number of aliphatic carboxylic acids is 1. The molecule has 0 saturated carbocycles. The lowest BCUT2D eigenvalue weighted by atomic mass is 10.1. The molecule has 86 valence electrons. The van der Waals surface area contributed by atoms with Gasteiger partial charge in [0.2, 0.25) is 0 Å². The van der Waals surface area contributed by atoms with Gasteiger partial charge < -0.3 is 5.11 Å². The summed E-state index contributed by atoms with van der Waals surface area (Å²) in [4.78, 5) is 18.7. The van der Waals surface area contributed by atoms with E-state index in [9.17, 15) is 4.79 Å². The van der Waals surface area contributed by atoms with Crippen molar-refractivity contribution in [3.05, 3.63) is 47.4 Å². The van der Waals surface area contributed by atoms with E-state index in [1.165, 1.54) is 6.20 Å². The molecule has 0 unspecified atom stereocenters. The summed E-state index contributed by atoms with van der Waals surface area (Å²) in [7, 11) is 0. The zero-order chi connectivity index (χ0) is 12.3. The molecule has 0 aliphatic heterocycles. The highest BCUT2D eigenvalue weighted by Crippen LogP contribution is 2.25. The summed E-state index contributed by atoms with van der Waals surface area (Å²) in [6.45, 7) is 0. The van der Waals surface area contributed by atoms with Crippen molar-refractivity contribution >= 4 is 17.6 Å². The van der Waals surface area contributed by atoms with Crippen LogP contribution >= 0.6 is 11.6 Å². The van der Waals surface area contributed by atoms with Crippen LogP contribution in [0.5, 0.6) is 0 Å². The summed E-state index contributed by atoms with van der Waals surface area (Å²) in [5, 5.41) is 9.09. The molecule has 0 aromatic carbocycles. The lowest BCUT2D eigenvalue weighted by Gasteiger charge is -2.04. The molecule has 0 spiro atoms. The average Bonchev–Trinajstić information content (AvgIpc) is 2.29. The Labute approximate surface area is 103 Å². The fourth-order valence-corrected chi connectivity index (χ4v) is 1.76. The van der Waals surface area contributed by atoms with Crippen molar-refractivity contribution < 1.29 is 9.90 Å². The topological polar surface area (TPSA) is 63.1 Å². The van der Waals surface area contributed by atoms with E-state index >= 15 is 0 Å². The lowest BCUT2D eigenvalue weighted by molar-refractivity contribution is -0.136. The number of pyridine rings is 2. The van der Waals surface area contributed by atoms with Crippen molar-refractivity contribution in [1.29, 1.82) is 0 Å². The standard InChI is InChI=1S/C12H9ClN2O2/c13-10-4-8(5-11(16)17)6-15-12(10)9-2-1-3-14-7-9/h1-4,6-7H,5H2,(H,16,17). The Morgan fingerprint density at radius 3 is 2.82 bits per heavy atom. The van der Waals surface area contributed by atoms with Crippen LogP contribution in [0.3, 0.4) is 0 Å². The van der Waals surface area contributed by atoms with Crippen molar-refractivity contribution in [1.82, 2.24) is 9.97 Å². The molecule has 0 atom stereocenters. The molecular weight excluding hydrogens is 240 g/mol. The maximum atomic E-state index is 10.6. The van der Waals surface area contributed by atoms with Crippen molar-refractivity contribution in [2.24, 2.45) is 0 Å². The summed E-state index contributed by atoms with van der Waals surface area (Å²) in [5.41, 5.74) is 1.99. The number of halogens is 1. The second-order valence-corrected chi connectivity index (χ2v) is 3.89. The largest absolute Gasteiger partial charge is 0.481 e. The number of rotatable bonds is 3. The number of carboxylic acid groups (broad SMARTS) is 1. The molecule has 2 aromatic heterocycles. The highest BCUT2D eigenvalue weighted by molar-refractivity contribution is 6.33. The molecule has 0 amide bonds. The predicted molar refractivity (Wildman–Crippen MR) is 63.8 cm³/mol. The zero-order valence-electron chi connectivity index (χ0n) is 8.80. The Kier molecular flexibility index (Phi) is 3.35. The minimum atomic E-state index is -0.906. The van der Waals surface area contributed by atoms with E-state index in [2.05, 4.69) is 9.97 Å². The van der Waals surface area contributed by atoms with Gasteiger partial charge >= 0.3 is 5.97 Å². The molecule has 2 aromatic rings. The monoisotopic (exact) mass is 248 g/mol. The van der Waals surface area contributed by atoms with E-state index in [0.29, 0.717) is 16.3 Å². The first-order valence-corrected chi connectivity index (χ1v) is 5.31. The molecule has 0 fully saturated rings. The molecule has 2 rings (SSSR count). The van der Waals surface area contributed by atoms with Crippen molar-refractivity contribution in [2.45, 2.75) is 6.42 Å². The predicted octanol–water partition coefficient (Wildman–Crippen LogP) is 2.42. The van der Waals surface area contributed by atoms with E-state index in [4.69, 9.17) is 16.7 Å². The summed E-state index contributed by atoms with van der Waals surface area (Å²) in [6, 6.07) is 5.25. The molecule has 2 heterocycles. The smallest absolute Gasteiger partial charge is 0.307 e. The molecular formula is C12H9ClN2O2. The molecule has 17 heavy (non-hydrogen) atoms. The van der Waals surface area contributed by atoms with E-state index < -0.39 is 5.97 Å². The second-order valence-electron chi connectivity index (χ2n) is 3.49. The summed E-state index contributed by atoms with van der Waals surface area (Å²) < 4.78 is 0. The van der Waals surface area contributed by atoms with Crippen molar-refractivity contribution in [2.75, 3.05) is 0 Å². The summed E-state index contributed by atoms with van der Waals surface area (Å²) >= 11 is 6.06. The first-order valence-electron chi connectivity index (χ1n) is 4.93. The van der Waals surface area contributed by atoms with Crippen LogP contribution in [0.15, 0.2) is 36.8 Å². The first-order chi connectivity index (χ1) is 8.16. The van der Waals surface area contributed by atoms with Gasteiger partial charge in [-0.1, -0.05) is 11.6 Å². The van der Waals surface area contributed by atoms with Crippen LogP contribution in [-0.4, -0.2) is 21.0 Å². The number of hydrogen-bond acceptors (Lipinski definition) is 3. The third-order valence-corrected chi connectivity index (χ3v) is 2.48. The van der Waals surface area contributed by atoms with E-state index in [-0.39, 0.29) is 6.42 Å². The Balaban J connectivity index is 2.35. The van der Waals surface area contributed by atoms with Gasteiger partial charge in [-0.2, -0.15) is 0 Å². The van der Waals surface area contributed by atoms with E-state index in [1.54, 1.807) is 24.5 Å². The van der Waals surface area contributed by atoms with Crippen molar-refractivity contribution in [3.8, 4) is 11.3 Å². The van der Waals surface area contributed by atoms with Gasteiger partial charge in [0, 0.05) is 24.2 Å². The molecule has 0 bridgehead atoms. The third kappa shape index (κ3) is 2.79. The molecule has 0 radical (unpaired) electrons. The van der Waals surface area contributed by atoms with Gasteiger partial charge in [0.1, 0.15) is 0 Å². The van der Waals surface area contributed by atoms with Gasteiger partial charge in [-0.25, -0.2) is 0 Å². The minimum Gasteiger partial charge on any atom is -0.481 e. The molecule has 4 nitrogen and oxygen atoms in total. The Bertz CT molecular complexity index is 543. The summed E-state index contributed by atoms with van der Waals surface area (Å²) in [6.07, 6.45) is 4.75. The Hall–Kier alpha value is -1.94. The molecule has 0 saturated heterocycles. The van der Waals surface area contributed by atoms with Crippen LogP contribution in [0.4, 0.5) is 0 Å². The Morgan fingerprint density at radius 2 is 2.24 bits per heavy atom. The maximum absolute atomic E-state index is 10.6. The van der Waals surface area contributed by atoms with Crippen LogP contribution in [0.25, 0.3) is 11.3 Å². The van der Waals surface area contributed by atoms with E-state index in [0.717, 1.165) is 5.56 Å².